The second kappa shape index (κ2) is 6.32. The van der Waals surface area contributed by atoms with Gasteiger partial charge in [-0.1, -0.05) is 15.9 Å². The first kappa shape index (κ1) is 17.5. The summed E-state index contributed by atoms with van der Waals surface area (Å²) in [5.41, 5.74) is -2.27. The molecule has 0 radical (unpaired) electrons. The van der Waals surface area contributed by atoms with Crippen LogP contribution in [0.25, 0.3) is 0 Å². The summed E-state index contributed by atoms with van der Waals surface area (Å²) in [5, 5.41) is 11.7. The lowest BCUT2D eigenvalue weighted by Gasteiger charge is -2.19. The number of ketones is 1. The van der Waals surface area contributed by atoms with Gasteiger partial charge in [0.15, 0.2) is 5.78 Å². The number of Topliss-reactive ketones (excluding diaryl/α,β-unsaturated/α-hetero) is 1. The predicted molar refractivity (Wildman–Crippen MR) is 80.1 cm³/mol. The number of alkyl halides is 4. The van der Waals surface area contributed by atoms with Crippen molar-refractivity contribution in [3.63, 3.8) is 0 Å². The zero-order valence-corrected chi connectivity index (χ0v) is 13.4. The van der Waals surface area contributed by atoms with Crippen molar-refractivity contribution in [3.8, 4) is 6.07 Å². The third-order valence-corrected chi connectivity index (χ3v) is 4.89. The van der Waals surface area contributed by atoms with Crippen LogP contribution in [-0.4, -0.2) is 23.4 Å². The number of nitrogens with one attached hydrogen (secondary N) is 1. The van der Waals surface area contributed by atoms with Gasteiger partial charge in [-0.2, -0.15) is 18.4 Å². The van der Waals surface area contributed by atoms with Crippen molar-refractivity contribution in [1.82, 2.24) is 0 Å². The Bertz CT molecular complexity index is 678. The number of anilines is 1. The lowest BCUT2D eigenvalue weighted by Crippen LogP contribution is -2.37. The Labute approximate surface area is 138 Å². The third kappa shape index (κ3) is 3.55. The van der Waals surface area contributed by atoms with E-state index >= 15 is 0 Å². The molecule has 1 saturated carbocycles. The van der Waals surface area contributed by atoms with E-state index in [0.717, 1.165) is 12.1 Å². The van der Waals surface area contributed by atoms with Gasteiger partial charge in [-0.15, -0.1) is 0 Å². The number of rotatable bonds is 6. The van der Waals surface area contributed by atoms with E-state index in [1.807, 2.05) is 0 Å². The standard InChI is InChI=1S/C15H12BrF3N2O2/c16-8-14(3-4-14)13(23)12(7-22)21-10-2-1-9(6-20)11(5-10)15(17,18)19/h1-2,5,7,12,21H,3-4,8H2. The van der Waals surface area contributed by atoms with Gasteiger partial charge in [0.1, 0.15) is 12.3 Å². The van der Waals surface area contributed by atoms with Crippen LogP contribution in [0.15, 0.2) is 18.2 Å². The zero-order valence-electron chi connectivity index (χ0n) is 11.8. The molecule has 122 valence electrons. The van der Waals surface area contributed by atoms with E-state index in [9.17, 15) is 22.8 Å². The fourth-order valence-electron chi connectivity index (χ4n) is 2.23. The maximum absolute atomic E-state index is 12.9. The van der Waals surface area contributed by atoms with E-state index < -0.39 is 28.8 Å². The Kier molecular flexibility index (Phi) is 4.80. The van der Waals surface area contributed by atoms with Crippen molar-refractivity contribution in [2.45, 2.75) is 25.1 Å². The first-order valence-corrected chi connectivity index (χ1v) is 7.83. The summed E-state index contributed by atoms with van der Waals surface area (Å²) in [5.74, 6) is -0.345. The minimum absolute atomic E-state index is 0.0350. The summed E-state index contributed by atoms with van der Waals surface area (Å²) in [4.78, 5) is 23.5. The van der Waals surface area contributed by atoms with Gasteiger partial charge in [0.25, 0.3) is 0 Å². The lowest BCUT2D eigenvalue weighted by molar-refractivity contribution is -0.137. The second-order valence-corrected chi connectivity index (χ2v) is 5.97. The van der Waals surface area contributed by atoms with Crippen molar-refractivity contribution in [3.05, 3.63) is 29.3 Å². The molecule has 0 aromatic heterocycles. The van der Waals surface area contributed by atoms with Crippen LogP contribution in [0.2, 0.25) is 0 Å². The third-order valence-electron chi connectivity index (χ3n) is 3.82. The highest BCUT2D eigenvalue weighted by molar-refractivity contribution is 9.09. The molecular formula is C15H12BrF3N2O2. The van der Waals surface area contributed by atoms with Crippen LogP contribution >= 0.6 is 15.9 Å². The van der Waals surface area contributed by atoms with Crippen LogP contribution in [0.1, 0.15) is 24.0 Å². The SMILES string of the molecule is N#Cc1ccc(NC(C=O)C(=O)C2(CBr)CC2)cc1C(F)(F)F. The minimum atomic E-state index is -4.70. The number of hydrogen-bond donors (Lipinski definition) is 1. The number of halogens is 4. The van der Waals surface area contributed by atoms with Gasteiger partial charge in [-0.3, -0.25) is 4.79 Å². The van der Waals surface area contributed by atoms with Gasteiger partial charge >= 0.3 is 6.18 Å². The molecule has 1 aliphatic carbocycles. The van der Waals surface area contributed by atoms with Crippen molar-refractivity contribution >= 4 is 33.7 Å². The predicted octanol–water partition coefficient (Wildman–Crippen LogP) is 3.30. The van der Waals surface area contributed by atoms with E-state index in [0.29, 0.717) is 24.5 Å². The molecule has 1 atom stereocenters. The maximum atomic E-state index is 12.9. The van der Waals surface area contributed by atoms with Crippen molar-refractivity contribution in [2.75, 3.05) is 10.6 Å². The molecule has 1 N–H and O–H groups in total. The van der Waals surface area contributed by atoms with Crippen LogP contribution in [0.3, 0.4) is 0 Å². The highest BCUT2D eigenvalue weighted by atomic mass is 79.9. The topological polar surface area (TPSA) is 70.0 Å². The normalized spacial score (nSPS) is 17.0. The highest BCUT2D eigenvalue weighted by Gasteiger charge is 2.51. The van der Waals surface area contributed by atoms with Crippen LogP contribution in [0.5, 0.6) is 0 Å². The number of aldehydes is 1. The van der Waals surface area contributed by atoms with Crippen LogP contribution in [-0.2, 0) is 15.8 Å². The van der Waals surface area contributed by atoms with E-state index in [2.05, 4.69) is 21.2 Å². The zero-order chi connectivity index (χ0) is 17.3. The molecule has 0 heterocycles. The molecule has 0 bridgehead atoms. The van der Waals surface area contributed by atoms with Crippen molar-refractivity contribution in [2.24, 2.45) is 5.41 Å². The van der Waals surface area contributed by atoms with Crippen molar-refractivity contribution < 1.29 is 22.8 Å². The molecule has 0 amide bonds. The molecule has 0 aliphatic heterocycles. The molecule has 4 nitrogen and oxygen atoms in total. The summed E-state index contributed by atoms with van der Waals surface area (Å²) >= 11 is 3.22. The van der Waals surface area contributed by atoms with Crippen LogP contribution < -0.4 is 5.32 Å². The average molecular weight is 389 g/mol. The number of hydrogen-bond acceptors (Lipinski definition) is 4. The Morgan fingerprint density at radius 2 is 2.13 bits per heavy atom. The van der Waals surface area contributed by atoms with Gasteiger partial charge in [0.05, 0.1) is 17.2 Å². The monoisotopic (exact) mass is 388 g/mol. The summed E-state index contributed by atoms with van der Waals surface area (Å²) in [6.07, 6.45) is -3.03. The number of carbonyl (C=O) groups excluding carboxylic acids is 2. The molecule has 2 rings (SSSR count). The number of benzene rings is 1. The van der Waals surface area contributed by atoms with Gasteiger partial charge < -0.3 is 10.1 Å². The van der Waals surface area contributed by atoms with E-state index in [4.69, 9.17) is 5.26 Å². The number of nitrogens with zero attached hydrogens (tertiary/aromatic N) is 1. The number of carbonyl (C=O) groups is 2. The fourth-order valence-corrected chi connectivity index (χ4v) is 3.07. The molecule has 23 heavy (non-hydrogen) atoms. The largest absolute Gasteiger partial charge is 0.417 e. The molecule has 0 saturated heterocycles. The molecule has 1 unspecified atom stereocenters. The summed E-state index contributed by atoms with van der Waals surface area (Å²) in [6.45, 7) is 0. The Morgan fingerprint density at radius 3 is 2.57 bits per heavy atom. The Balaban J connectivity index is 2.27. The first-order chi connectivity index (χ1) is 10.8. The highest BCUT2D eigenvalue weighted by Crippen LogP contribution is 2.48. The summed E-state index contributed by atoms with van der Waals surface area (Å²) in [7, 11) is 0. The quantitative estimate of drug-likeness (QED) is 0.461. The molecule has 1 aliphatic rings. The Hall–Kier alpha value is -1.88. The molecule has 1 aromatic rings. The molecule has 8 heteroatoms. The first-order valence-electron chi connectivity index (χ1n) is 6.71. The van der Waals surface area contributed by atoms with E-state index in [1.54, 1.807) is 0 Å². The minimum Gasteiger partial charge on any atom is -0.369 e. The number of nitriles is 1. The van der Waals surface area contributed by atoms with Gasteiger partial charge in [0, 0.05) is 16.4 Å². The lowest BCUT2D eigenvalue weighted by atomic mass is 9.97. The van der Waals surface area contributed by atoms with Gasteiger partial charge in [-0.05, 0) is 31.0 Å². The second-order valence-electron chi connectivity index (χ2n) is 5.41. The van der Waals surface area contributed by atoms with Crippen molar-refractivity contribution in [1.29, 1.82) is 5.26 Å². The Morgan fingerprint density at radius 1 is 1.48 bits per heavy atom. The molecule has 1 aromatic carbocycles. The van der Waals surface area contributed by atoms with Crippen LogP contribution in [0.4, 0.5) is 18.9 Å². The molecule has 1 fully saturated rings. The average Bonchev–Trinajstić information content (AvgIpc) is 3.32. The van der Waals surface area contributed by atoms with E-state index in [-0.39, 0.29) is 11.5 Å². The molecular weight excluding hydrogens is 377 g/mol. The molecule has 0 spiro atoms. The summed E-state index contributed by atoms with van der Waals surface area (Å²) < 4.78 is 38.8. The van der Waals surface area contributed by atoms with E-state index in [1.165, 1.54) is 12.1 Å². The smallest absolute Gasteiger partial charge is 0.369 e. The summed E-state index contributed by atoms with van der Waals surface area (Å²) in [6, 6.07) is 3.24. The fraction of sp³-hybridized carbons (Fsp3) is 0.400. The van der Waals surface area contributed by atoms with Gasteiger partial charge in [-0.25, -0.2) is 0 Å². The van der Waals surface area contributed by atoms with Gasteiger partial charge in [0.2, 0.25) is 0 Å². The maximum Gasteiger partial charge on any atom is 0.417 e. The van der Waals surface area contributed by atoms with Crippen LogP contribution in [0, 0.1) is 16.7 Å².